The topological polar surface area (TPSA) is 191 Å². The molecule has 4 atom stereocenters. The van der Waals surface area contributed by atoms with E-state index in [4.69, 9.17) is 29.4 Å². The summed E-state index contributed by atoms with van der Waals surface area (Å²) in [6.07, 6.45) is 10.6. The molecule has 4 fully saturated rings. The summed E-state index contributed by atoms with van der Waals surface area (Å²) in [7, 11) is 4.27. The van der Waals surface area contributed by atoms with Crippen LogP contribution in [0.1, 0.15) is 67.5 Å². The molecule has 4 aromatic carbocycles. The first kappa shape index (κ1) is 58.4. The Hall–Kier alpha value is -6.29. The third-order valence-corrected chi connectivity index (χ3v) is 17.1. The molecule has 18 nitrogen and oxygen atoms in total. The third-order valence-electron chi connectivity index (χ3n) is 17.1. The number of likely N-dealkylation sites (N-methyl/N-ethyl adjacent to an activating group) is 2. The van der Waals surface area contributed by atoms with Gasteiger partial charge < -0.3 is 64.2 Å². The first-order valence-corrected chi connectivity index (χ1v) is 28.1. The number of benzene rings is 4. The number of ether oxygens (including phenoxy) is 2. The van der Waals surface area contributed by atoms with Crippen LogP contribution in [0.3, 0.4) is 0 Å². The van der Waals surface area contributed by atoms with E-state index in [1.807, 2.05) is 54.6 Å². The molecule has 2 aromatic heterocycles. The van der Waals surface area contributed by atoms with Crippen LogP contribution < -0.4 is 29.1 Å². The second-order valence-electron chi connectivity index (χ2n) is 21.9. The van der Waals surface area contributed by atoms with Crippen molar-refractivity contribution in [1.29, 1.82) is 0 Å². The number of nitrogens with zero attached hydrogens (tertiary/aromatic N) is 11. The van der Waals surface area contributed by atoms with Crippen LogP contribution >= 0.6 is 27.0 Å². The number of hydrogen-bond acceptors (Lipinski definition) is 17. The fourth-order valence-electron chi connectivity index (χ4n) is 12.7. The molecule has 428 valence electrons. The fourth-order valence-corrected chi connectivity index (χ4v) is 12.7. The lowest BCUT2D eigenvalue weighted by atomic mass is 9.98. The highest BCUT2D eigenvalue weighted by molar-refractivity contribution is 7.59. The Morgan fingerprint density at radius 1 is 0.600 bits per heavy atom. The number of aromatic nitrogens is 4. The van der Waals surface area contributed by atoms with E-state index in [1.54, 1.807) is 11.0 Å². The molecule has 6 aliphatic rings. The van der Waals surface area contributed by atoms with Crippen molar-refractivity contribution in [1.82, 2.24) is 34.6 Å². The minimum Gasteiger partial charge on any atom is -0.508 e. The first-order chi connectivity index (χ1) is 38.0. The number of anilines is 4. The molecule has 0 spiro atoms. The number of likely N-dealkylation sites (tertiary alicyclic amines) is 2. The highest BCUT2D eigenvalue weighted by Gasteiger charge is 2.36. The lowest BCUT2D eigenvalue weighted by molar-refractivity contribution is -0.126. The number of phenols is 2. The Balaban J connectivity index is 0.000000190. The monoisotopic (exact) mass is 1130 g/mol. The van der Waals surface area contributed by atoms with Gasteiger partial charge in [0.05, 0.1) is 49.8 Å². The summed E-state index contributed by atoms with van der Waals surface area (Å²) in [4.78, 5) is 47.4. The van der Waals surface area contributed by atoms with Crippen LogP contribution in [-0.2, 0) is 30.7 Å². The Bertz CT molecular complexity index is 3140. The van der Waals surface area contributed by atoms with Gasteiger partial charge in [-0.05, 0) is 114 Å². The molecule has 6 aromatic rings. The SMILES string of the molecule is C=CC(=O)N1CCN(c2nc(OC[C@@H]3CCCN3C)nc3c2CCN(c2cc(O)cc4ccccc24)C3)C(CO)C1.CN1CCC[C@H]1COc1nc2c(c(N3CCCCC3CO)n1)CCN(c1cc(O)cc3ccccc13)C2.S.S. The van der Waals surface area contributed by atoms with Gasteiger partial charge in [0.1, 0.15) is 36.3 Å². The first-order valence-electron chi connectivity index (χ1n) is 28.1. The van der Waals surface area contributed by atoms with Crippen molar-refractivity contribution in [3.63, 3.8) is 0 Å². The van der Waals surface area contributed by atoms with E-state index in [0.29, 0.717) is 76.5 Å². The molecule has 4 saturated heterocycles. The number of piperidine rings is 1. The summed E-state index contributed by atoms with van der Waals surface area (Å²) in [6.45, 7) is 11.9. The lowest BCUT2D eigenvalue weighted by Gasteiger charge is -2.42. The van der Waals surface area contributed by atoms with Crippen molar-refractivity contribution >= 4 is 77.5 Å². The Morgan fingerprint density at radius 2 is 1.09 bits per heavy atom. The summed E-state index contributed by atoms with van der Waals surface area (Å²) in [5.41, 5.74) is 6.03. The van der Waals surface area contributed by atoms with Crippen LogP contribution in [0.4, 0.5) is 23.0 Å². The van der Waals surface area contributed by atoms with Crippen LogP contribution in [0.2, 0.25) is 0 Å². The van der Waals surface area contributed by atoms with E-state index >= 15 is 0 Å². The van der Waals surface area contributed by atoms with Gasteiger partial charge in [-0.25, -0.2) is 0 Å². The van der Waals surface area contributed by atoms with Gasteiger partial charge >= 0.3 is 12.0 Å². The molecule has 0 bridgehead atoms. The van der Waals surface area contributed by atoms with Gasteiger partial charge in [0.2, 0.25) is 5.91 Å². The highest BCUT2D eigenvalue weighted by atomic mass is 32.1. The maximum atomic E-state index is 12.3. The number of aromatic hydroxyl groups is 2. The second-order valence-corrected chi connectivity index (χ2v) is 21.9. The van der Waals surface area contributed by atoms with Crippen LogP contribution in [0.5, 0.6) is 23.5 Å². The zero-order valence-electron chi connectivity index (χ0n) is 46.2. The highest BCUT2D eigenvalue weighted by Crippen LogP contribution is 2.40. The van der Waals surface area contributed by atoms with Crippen LogP contribution in [0, 0.1) is 0 Å². The molecule has 1 amide bonds. The molecular formula is C60H79N11O7S2. The molecule has 8 heterocycles. The van der Waals surface area contributed by atoms with Gasteiger partial charge in [-0.3, -0.25) is 4.79 Å². The average molecular weight is 1130 g/mol. The number of fused-ring (bicyclic) bond motifs is 4. The predicted octanol–water partition coefficient (Wildman–Crippen LogP) is 6.51. The summed E-state index contributed by atoms with van der Waals surface area (Å²) < 4.78 is 12.5. The molecule has 80 heavy (non-hydrogen) atoms. The molecule has 20 heteroatoms. The number of carbonyl (C=O) groups is 1. The van der Waals surface area contributed by atoms with Gasteiger partial charge in [-0.1, -0.05) is 55.1 Å². The molecule has 0 saturated carbocycles. The van der Waals surface area contributed by atoms with Gasteiger partial charge in [-0.15, -0.1) is 0 Å². The lowest BCUT2D eigenvalue weighted by Crippen LogP contribution is -2.56. The molecule has 2 unspecified atom stereocenters. The van der Waals surface area contributed by atoms with Gasteiger partial charge in [0.25, 0.3) is 0 Å². The van der Waals surface area contributed by atoms with Crippen molar-refractivity contribution in [3.8, 4) is 23.5 Å². The number of aliphatic hydroxyl groups is 2. The molecule has 0 aliphatic carbocycles. The zero-order chi connectivity index (χ0) is 53.9. The van der Waals surface area contributed by atoms with Gasteiger partial charge in [0.15, 0.2) is 0 Å². The van der Waals surface area contributed by atoms with Crippen LogP contribution in [0.15, 0.2) is 85.5 Å². The van der Waals surface area contributed by atoms with E-state index in [2.05, 4.69) is 62.2 Å². The smallest absolute Gasteiger partial charge is 0.318 e. The van der Waals surface area contributed by atoms with Gasteiger partial charge in [0, 0.05) is 96.8 Å². The maximum absolute atomic E-state index is 12.3. The minimum atomic E-state index is -0.298. The van der Waals surface area contributed by atoms with Crippen molar-refractivity contribution in [2.24, 2.45) is 0 Å². The number of piperazine rings is 1. The van der Waals surface area contributed by atoms with Crippen molar-refractivity contribution in [2.45, 2.75) is 95.0 Å². The normalized spacial score (nSPS) is 21.3. The molecule has 6 aliphatic heterocycles. The van der Waals surface area contributed by atoms with Crippen molar-refractivity contribution in [2.75, 3.05) is 112 Å². The Labute approximate surface area is 483 Å². The van der Waals surface area contributed by atoms with E-state index in [9.17, 15) is 25.2 Å². The van der Waals surface area contributed by atoms with Crippen LogP contribution in [-0.4, -0.2) is 178 Å². The maximum Gasteiger partial charge on any atom is 0.318 e. The number of phenolic OH excluding ortho intramolecular Hbond substituents is 2. The largest absolute Gasteiger partial charge is 0.508 e. The zero-order valence-corrected chi connectivity index (χ0v) is 48.2. The summed E-state index contributed by atoms with van der Waals surface area (Å²) >= 11 is 0. The standard InChI is InChI=1S/C31H38N6O4.C29H37N5O3.2H2S/c1-3-29(40)36-13-14-37(23(17-36)19-38)30-26-10-12-35(28-16-24(39)15-21-7-4-5-9-25(21)28)18-27(26)32-31(33-30)41-20-22-8-6-11-34(22)2;1-32-12-6-9-22(32)19-37-29-30-26-17-33(27-16-23(36)15-20-7-2-3-10-24(20)27)14-11-25(26)28(31-29)34-13-5-4-8-21(34)18-35;;/h3-5,7,9,15-16,22-23,38-39H,1,6,8,10-14,17-20H2,2H3;2-3,7,10,15-16,21-22,35-36H,4-6,8-9,11-14,17-19H2,1H3;2*1H2/t22-,23?;21?,22-;;/m00../s1. The fraction of sp³-hybridized carbons (Fsp3) is 0.483. The number of hydrogen-bond donors (Lipinski definition) is 4. The van der Waals surface area contributed by atoms with Crippen molar-refractivity contribution < 1.29 is 34.7 Å². The Morgan fingerprint density at radius 3 is 1.56 bits per heavy atom. The van der Waals surface area contributed by atoms with E-state index in [1.165, 1.54) is 12.5 Å². The Kier molecular flexibility index (Phi) is 19.0. The molecule has 0 radical (unpaired) electrons. The quantitative estimate of drug-likeness (QED) is 0.0915. The predicted molar refractivity (Wildman–Crippen MR) is 325 cm³/mol. The summed E-state index contributed by atoms with van der Waals surface area (Å²) in [6, 6.07) is 24.8. The van der Waals surface area contributed by atoms with Crippen LogP contribution in [0.25, 0.3) is 21.5 Å². The minimum absolute atomic E-state index is 0. The summed E-state index contributed by atoms with van der Waals surface area (Å²) in [5, 5.41) is 45.6. The second kappa shape index (κ2) is 26.1. The van der Waals surface area contributed by atoms with E-state index < -0.39 is 0 Å². The average Bonchev–Trinajstić information content (AvgIpc) is 4.14. The molecular weight excluding hydrogens is 1050 g/mol. The van der Waals surface area contributed by atoms with E-state index in [-0.39, 0.29) is 69.7 Å². The van der Waals surface area contributed by atoms with Crippen molar-refractivity contribution in [3.05, 3.63) is 108 Å². The number of aliphatic hydroxyl groups excluding tert-OH is 2. The van der Waals surface area contributed by atoms with Gasteiger partial charge in [-0.2, -0.15) is 46.9 Å². The number of rotatable bonds is 13. The molecule has 12 rings (SSSR count). The molecule has 4 N–H and O–H groups in total. The number of carbonyl (C=O) groups excluding carboxylic acids is 1. The number of amides is 1. The van der Waals surface area contributed by atoms with E-state index in [0.717, 1.165) is 145 Å². The third kappa shape index (κ3) is 12.4. The summed E-state index contributed by atoms with van der Waals surface area (Å²) in [5.74, 6) is 2.07.